The highest BCUT2D eigenvalue weighted by atomic mass is 32.2. The number of hydrogen-bond donors (Lipinski definition) is 1. The average molecular weight is 414 g/mol. The van der Waals surface area contributed by atoms with Crippen LogP contribution in [0.25, 0.3) is 0 Å². The van der Waals surface area contributed by atoms with Crippen molar-refractivity contribution < 1.29 is 13.2 Å². The summed E-state index contributed by atoms with van der Waals surface area (Å²) in [6.45, 7) is 4.62. The summed E-state index contributed by atoms with van der Waals surface area (Å²) in [6.07, 6.45) is 1.31. The third-order valence-corrected chi connectivity index (χ3v) is 8.72. The SMILES string of the molecule is COc1ccc(S(=O)(=O)N2CCN(c3ccc(C45CNCC4C5)cc3)CC2)cc1. The Morgan fingerprint density at radius 3 is 2.24 bits per heavy atom. The van der Waals surface area contributed by atoms with E-state index >= 15 is 0 Å². The minimum absolute atomic E-state index is 0.319. The van der Waals surface area contributed by atoms with E-state index in [1.807, 2.05) is 0 Å². The van der Waals surface area contributed by atoms with E-state index in [0.717, 1.165) is 19.0 Å². The molecule has 2 aromatic rings. The Labute approximate surface area is 172 Å². The van der Waals surface area contributed by atoms with Crippen molar-refractivity contribution in [2.24, 2.45) is 5.92 Å². The van der Waals surface area contributed by atoms with Crippen molar-refractivity contribution in [3.63, 3.8) is 0 Å². The molecule has 2 saturated heterocycles. The summed E-state index contributed by atoms with van der Waals surface area (Å²) >= 11 is 0. The summed E-state index contributed by atoms with van der Waals surface area (Å²) in [5.74, 6) is 1.46. The second-order valence-electron chi connectivity index (χ2n) is 8.30. The molecule has 0 spiro atoms. The number of nitrogens with one attached hydrogen (secondary N) is 1. The minimum atomic E-state index is -3.47. The Bertz CT molecular complexity index is 983. The van der Waals surface area contributed by atoms with Gasteiger partial charge < -0.3 is 15.0 Å². The zero-order chi connectivity index (χ0) is 20.1. The van der Waals surface area contributed by atoms with Crippen LogP contribution in [0.2, 0.25) is 0 Å². The van der Waals surface area contributed by atoms with Crippen molar-refractivity contribution in [3.05, 3.63) is 54.1 Å². The predicted molar refractivity (Wildman–Crippen MR) is 113 cm³/mol. The van der Waals surface area contributed by atoms with Gasteiger partial charge in [-0.1, -0.05) is 12.1 Å². The van der Waals surface area contributed by atoms with Gasteiger partial charge in [0, 0.05) is 43.8 Å². The monoisotopic (exact) mass is 413 g/mol. The highest BCUT2D eigenvalue weighted by Gasteiger charge is 2.57. The van der Waals surface area contributed by atoms with Crippen molar-refractivity contribution in [1.29, 1.82) is 0 Å². The van der Waals surface area contributed by atoms with Crippen LogP contribution in [0.3, 0.4) is 0 Å². The fraction of sp³-hybridized carbons (Fsp3) is 0.455. The fourth-order valence-electron chi connectivity index (χ4n) is 4.88. The van der Waals surface area contributed by atoms with Crippen LogP contribution in [0.4, 0.5) is 5.69 Å². The Balaban J connectivity index is 1.24. The first-order valence-corrected chi connectivity index (χ1v) is 11.7. The Morgan fingerprint density at radius 1 is 1.00 bits per heavy atom. The maximum Gasteiger partial charge on any atom is 0.243 e. The summed E-state index contributed by atoms with van der Waals surface area (Å²) in [7, 11) is -1.90. The van der Waals surface area contributed by atoms with Gasteiger partial charge in [0.2, 0.25) is 10.0 Å². The Kier molecular flexibility index (Phi) is 4.57. The molecule has 1 N–H and O–H groups in total. The number of rotatable bonds is 5. The van der Waals surface area contributed by atoms with E-state index in [9.17, 15) is 8.42 Å². The number of fused-ring (bicyclic) bond motifs is 1. The van der Waals surface area contributed by atoms with E-state index < -0.39 is 10.0 Å². The third kappa shape index (κ3) is 3.21. The normalized spacial score (nSPS) is 26.9. The van der Waals surface area contributed by atoms with E-state index in [4.69, 9.17) is 4.74 Å². The Morgan fingerprint density at radius 2 is 1.69 bits per heavy atom. The van der Waals surface area contributed by atoms with Crippen LogP contribution in [-0.2, 0) is 15.4 Å². The number of nitrogens with zero attached hydrogens (tertiary/aromatic N) is 2. The molecule has 7 heteroatoms. The molecule has 1 saturated carbocycles. The van der Waals surface area contributed by atoms with Crippen LogP contribution < -0.4 is 15.0 Å². The summed E-state index contributed by atoms with van der Waals surface area (Å²) in [5, 5.41) is 3.50. The van der Waals surface area contributed by atoms with Crippen molar-refractivity contribution >= 4 is 15.7 Å². The lowest BCUT2D eigenvalue weighted by Crippen LogP contribution is -2.48. The molecule has 3 aliphatic rings. The van der Waals surface area contributed by atoms with Crippen LogP contribution in [0.5, 0.6) is 5.75 Å². The number of piperidine rings is 1. The molecule has 2 aliphatic heterocycles. The van der Waals surface area contributed by atoms with Gasteiger partial charge in [0.1, 0.15) is 5.75 Å². The van der Waals surface area contributed by atoms with Crippen LogP contribution in [0.15, 0.2) is 53.4 Å². The topological polar surface area (TPSA) is 61.9 Å². The second-order valence-corrected chi connectivity index (χ2v) is 10.2. The molecule has 0 bridgehead atoms. The molecule has 6 nitrogen and oxygen atoms in total. The molecule has 0 aromatic heterocycles. The van der Waals surface area contributed by atoms with Gasteiger partial charge in [-0.2, -0.15) is 4.31 Å². The predicted octanol–water partition coefficient (Wildman–Crippen LogP) is 2.07. The van der Waals surface area contributed by atoms with Crippen LogP contribution >= 0.6 is 0 Å². The molecule has 2 unspecified atom stereocenters. The molecule has 2 heterocycles. The molecule has 29 heavy (non-hydrogen) atoms. The molecule has 2 aromatic carbocycles. The average Bonchev–Trinajstić information content (AvgIpc) is 3.34. The molecule has 0 radical (unpaired) electrons. The highest BCUT2D eigenvalue weighted by Crippen LogP contribution is 2.56. The second kappa shape index (κ2) is 7.00. The van der Waals surface area contributed by atoms with E-state index in [-0.39, 0.29) is 0 Å². The van der Waals surface area contributed by atoms with Crippen molar-refractivity contribution in [3.8, 4) is 5.75 Å². The van der Waals surface area contributed by atoms with Gasteiger partial charge in [-0.05, 0) is 60.8 Å². The lowest BCUT2D eigenvalue weighted by molar-refractivity contribution is 0.384. The van der Waals surface area contributed by atoms with E-state index in [1.54, 1.807) is 35.7 Å². The highest BCUT2D eigenvalue weighted by molar-refractivity contribution is 7.89. The minimum Gasteiger partial charge on any atom is -0.497 e. The number of hydrogen-bond acceptors (Lipinski definition) is 5. The van der Waals surface area contributed by atoms with Gasteiger partial charge in [-0.15, -0.1) is 0 Å². The van der Waals surface area contributed by atoms with Gasteiger partial charge >= 0.3 is 0 Å². The van der Waals surface area contributed by atoms with Gasteiger partial charge in [-0.3, -0.25) is 0 Å². The smallest absolute Gasteiger partial charge is 0.243 e. The van der Waals surface area contributed by atoms with Gasteiger partial charge in [0.25, 0.3) is 0 Å². The number of benzene rings is 2. The standard InChI is InChI=1S/C22H27N3O3S/c1-28-20-6-8-21(9-7-20)29(26,27)25-12-10-24(11-13-25)19-4-2-17(3-5-19)22-14-18(22)15-23-16-22/h2-9,18,23H,10-16H2,1H3. The number of anilines is 1. The molecule has 3 fully saturated rings. The number of methoxy groups -OCH3 is 1. The summed E-state index contributed by atoms with van der Waals surface area (Å²) in [6, 6.07) is 15.5. The molecule has 154 valence electrons. The Hall–Kier alpha value is -2.09. The van der Waals surface area contributed by atoms with Crippen molar-refractivity contribution in [2.45, 2.75) is 16.7 Å². The number of sulfonamides is 1. The largest absolute Gasteiger partial charge is 0.497 e. The number of piperazine rings is 1. The lowest BCUT2D eigenvalue weighted by Gasteiger charge is -2.35. The van der Waals surface area contributed by atoms with Gasteiger partial charge in [0.05, 0.1) is 12.0 Å². The fourth-order valence-corrected chi connectivity index (χ4v) is 6.30. The van der Waals surface area contributed by atoms with Crippen LogP contribution in [-0.4, -0.2) is 59.1 Å². The van der Waals surface area contributed by atoms with E-state index in [0.29, 0.717) is 42.2 Å². The van der Waals surface area contributed by atoms with Crippen molar-refractivity contribution in [1.82, 2.24) is 9.62 Å². The third-order valence-electron chi connectivity index (χ3n) is 6.81. The molecule has 1 aliphatic carbocycles. The zero-order valence-electron chi connectivity index (χ0n) is 16.7. The quantitative estimate of drug-likeness (QED) is 0.813. The first kappa shape index (κ1) is 18.9. The van der Waals surface area contributed by atoms with Crippen LogP contribution in [0.1, 0.15) is 12.0 Å². The molecule has 5 rings (SSSR count). The van der Waals surface area contributed by atoms with Crippen molar-refractivity contribution in [2.75, 3.05) is 51.3 Å². The molecule has 2 atom stereocenters. The number of ether oxygens (including phenoxy) is 1. The summed E-state index contributed by atoms with van der Waals surface area (Å²) in [4.78, 5) is 2.60. The van der Waals surface area contributed by atoms with Gasteiger partial charge in [0.15, 0.2) is 0 Å². The van der Waals surface area contributed by atoms with Gasteiger partial charge in [-0.25, -0.2) is 8.42 Å². The first-order chi connectivity index (χ1) is 14.0. The van der Waals surface area contributed by atoms with Crippen LogP contribution in [0, 0.1) is 5.92 Å². The van der Waals surface area contributed by atoms with E-state index in [1.165, 1.54) is 17.7 Å². The van der Waals surface area contributed by atoms with E-state index in [2.05, 4.69) is 34.5 Å². The molecule has 0 amide bonds. The maximum absolute atomic E-state index is 12.9. The summed E-state index contributed by atoms with van der Waals surface area (Å²) in [5.41, 5.74) is 3.00. The molecular formula is C22H27N3O3S. The first-order valence-electron chi connectivity index (χ1n) is 10.2. The zero-order valence-corrected chi connectivity index (χ0v) is 17.5. The lowest BCUT2D eigenvalue weighted by atomic mass is 9.95. The maximum atomic E-state index is 12.9. The molecular weight excluding hydrogens is 386 g/mol. The summed E-state index contributed by atoms with van der Waals surface area (Å²) < 4.78 is 32.5.